The first-order valence-electron chi connectivity index (χ1n) is 6.99. The molecule has 5 nitrogen and oxygen atoms in total. The summed E-state index contributed by atoms with van der Waals surface area (Å²) in [7, 11) is 1.86. The molecule has 6 heteroatoms. The van der Waals surface area contributed by atoms with Crippen LogP contribution in [-0.2, 0) is 11.3 Å². The summed E-state index contributed by atoms with van der Waals surface area (Å²) in [6.45, 7) is 4.79. The van der Waals surface area contributed by atoms with Crippen molar-refractivity contribution in [3.8, 4) is 11.5 Å². The minimum atomic E-state index is 0. The molecule has 0 aromatic heterocycles. The van der Waals surface area contributed by atoms with Crippen molar-refractivity contribution in [2.75, 3.05) is 26.9 Å². The zero-order chi connectivity index (χ0) is 14.1. The molecule has 1 saturated heterocycles. The molecule has 1 atom stereocenters. The van der Waals surface area contributed by atoms with Gasteiger partial charge in [0.15, 0.2) is 11.5 Å². The Morgan fingerprint density at radius 1 is 1.38 bits per heavy atom. The maximum Gasteiger partial charge on any atom is 0.231 e. The van der Waals surface area contributed by atoms with E-state index >= 15 is 0 Å². The Hall–Kier alpha value is -1.46. The van der Waals surface area contributed by atoms with Crippen LogP contribution in [0.15, 0.2) is 18.2 Å². The maximum atomic E-state index is 12.4. The Balaban J connectivity index is 0.00000161. The van der Waals surface area contributed by atoms with E-state index in [-0.39, 0.29) is 31.0 Å². The summed E-state index contributed by atoms with van der Waals surface area (Å²) in [5.41, 5.74) is 1.06. The van der Waals surface area contributed by atoms with Crippen LogP contribution in [0.4, 0.5) is 0 Å². The lowest BCUT2D eigenvalue weighted by molar-refractivity contribution is -0.136. The predicted molar refractivity (Wildman–Crippen MR) is 81.8 cm³/mol. The van der Waals surface area contributed by atoms with Gasteiger partial charge in [0.1, 0.15) is 0 Å². The number of nitrogens with zero attached hydrogens (tertiary/aromatic N) is 1. The summed E-state index contributed by atoms with van der Waals surface area (Å²) in [5, 5.41) is 3.21. The monoisotopic (exact) mass is 312 g/mol. The van der Waals surface area contributed by atoms with Crippen LogP contribution in [0, 0.1) is 11.8 Å². The molecule has 21 heavy (non-hydrogen) atoms. The van der Waals surface area contributed by atoms with E-state index in [4.69, 9.17) is 9.47 Å². The highest BCUT2D eigenvalue weighted by Crippen LogP contribution is 2.32. The highest BCUT2D eigenvalue weighted by molar-refractivity contribution is 5.85. The van der Waals surface area contributed by atoms with Crippen molar-refractivity contribution >= 4 is 18.3 Å². The smallest absolute Gasteiger partial charge is 0.231 e. The van der Waals surface area contributed by atoms with Gasteiger partial charge in [-0.1, -0.05) is 13.0 Å². The number of rotatable bonds is 4. The minimum absolute atomic E-state index is 0. The molecule has 1 amide bonds. The van der Waals surface area contributed by atoms with E-state index in [2.05, 4.69) is 5.32 Å². The van der Waals surface area contributed by atoms with Gasteiger partial charge in [0.2, 0.25) is 12.7 Å². The second-order valence-electron chi connectivity index (χ2n) is 5.59. The average molecular weight is 313 g/mol. The van der Waals surface area contributed by atoms with Gasteiger partial charge in [0.05, 0.1) is 0 Å². The van der Waals surface area contributed by atoms with Gasteiger partial charge in [-0.05, 0) is 36.7 Å². The molecule has 1 aromatic rings. The van der Waals surface area contributed by atoms with Crippen molar-refractivity contribution in [2.24, 2.45) is 11.8 Å². The van der Waals surface area contributed by atoms with Crippen molar-refractivity contribution in [3.05, 3.63) is 23.8 Å². The molecule has 0 bridgehead atoms. The Kier molecular flexibility index (Phi) is 4.96. The Morgan fingerprint density at radius 2 is 2.10 bits per heavy atom. The van der Waals surface area contributed by atoms with Crippen LogP contribution in [-0.4, -0.2) is 37.7 Å². The number of benzene rings is 1. The van der Waals surface area contributed by atoms with Gasteiger partial charge in [0, 0.05) is 19.5 Å². The van der Waals surface area contributed by atoms with Crippen molar-refractivity contribution in [1.82, 2.24) is 10.2 Å². The topological polar surface area (TPSA) is 50.8 Å². The van der Waals surface area contributed by atoms with Crippen molar-refractivity contribution in [2.45, 2.75) is 13.5 Å². The Bertz CT molecular complexity index is 520. The summed E-state index contributed by atoms with van der Waals surface area (Å²) in [5.74, 6) is 2.29. The standard InChI is InChI=1S/C15H20N2O3.ClH/c1-10(12-6-16-7-12)15(18)17(2)8-11-3-4-13-14(5-11)20-9-19-13;/h3-5,10,12,16H,6-9H2,1-2H3;1H. The lowest BCUT2D eigenvalue weighted by Gasteiger charge is -2.34. The van der Waals surface area contributed by atoms with E-state index in [0.717, 1.165) is 30.2 Å². The van der Waals surface area contributed by atoms with Crippen LogP contribution in [0.3, 0.4) is 0 Å². The van der Waals surface area contributed by atoms with E-state index in [1.54, 1.807) is 4.90 Å². The molecule has 1 fully saturated rings. The number of nitrogens with one attached hydrogen (secondary N) is 1. The zero-order valence-electron chi connectivity index (χ0n) is 12.3. The number of hydrogen-bond acceptors (Lipinski definition) is 4. The van der Waals surface area contributed by atoms with E-state index in [0.29, 0.717) is 12.5 Å². The minimum Gasteiger partial charge on any atom is -0.454 e. The van der Waals surface area contributed by atoms with E-state index in [1.165, 1.54) is 0 Å². The molecule has 0 saturated carbocycles. The molecular weight excluding hydrogens is 292 g/mol. The number of amides is 1. The second kappa shape index (κ2) is 6.54. The van der Waals surface area contributed by atoms with Crippen LogP contribution in [0.25, 0.3) is 0 Å². The van der Waals surface area contributed by atoms with E-state index in [9.17, 15) is 4.79 Å². The third-order valence-corrected chi connectivity index (χ3v) is 4.14. The van der Waals surface area contributed by atoms with Crippen LogP contribution >= 0.6 is 12.4 Å². The summed E-state index contributed by atoms with van der Waals surface area (Å²) < 4.78 is 10.6. The fraction of sp³-hybridized carbons (Fsp3) is 0.533. The summed E-state index contributed by atoms with van der Waals surface area (Å²) in [4.78, 5) is 14.1. The van der Waals surface area contributed by atoms with E-state index in [1.807, 2.05) is 32.2 Å². The first kappa shape index (κ1) is 15.9. The molecule has 0 aliphatic carbocycles. The highest BCUT2D eigenvalue weighted by Gasteiger charge is 2.30. The summed E-state index contributed by atoms with van der Waals surface area (Å²) in [6.07, 6.45) is 0. The fourth-order valence-corrected chi connectivity index (χ4v) is 2.60. The molecule has 2 aliphatic rings. The predicted octanol–water partition coefficient (Wildman–Crippen LogP) is 1.65. The Morgan fingerprint density at radius 3 is 2.76 bits per heavy atom. The number of carbonyl (C=O) groups excluding carboxylic acids is 1. The van der Waals surface area contributed by atoms with Gasteiger partial charge in [0.25, 0.3) is 0 Å². The quantitative estimate of drug-likeness (QED) is 0.918. The average Bonchev–Trinajstić information content (AvgIpc) is 2.83. The number of fused-ring (bicyclic) bond motifs is 1. The Labute approximate surface area is 131 Å². The fourth-order valence-electron chi connectivity index (χ4n) is 2.60. The zero-order valence-corrected chi connectivity index (χ0v) is 13.1. The van der Waals surface area contributed by atoms with Crippen LogP contribution < -0.4 is 14.8 Å². The van der Waals surface area contributed by atoms with E-state index < -0.39 is 0 Å². The third-order valence-electron chi connectivity index (χ3n) is 4.14. The highest BCUT2D eigenvalue weighted by atomic mass is 35.5. The van der Waals surface area contributed by atoms with Crippen molar-refractivity contribution in [1.29, 1.82) is 0 Å². The molecule has 0 spiro atoms. The van der Waals surface area contributed by atoms with Crippen LogP contribution in [0.2, 0.25) is 0 Å². The van der Waals surface area contributed by atoms with Gasteiger partial charge < -0.3 is 19.7 Å². The van der Waals surface area contributed by atoms with Gasteiger partial charge in [-0.2, -0.15) is 0 Å². The van der Waals surface area contributed by atoms with Gasteiger partial charge in [-0.25, -0.2) is 0 Å². The molecule has 1 N–H and O–H groups in total. The number of halogens is 1. The normalized spacial score (nSPS) is 17.6. The van der Waals surface area contributed by atoms with Crippen LogP contribution in [0.1, 0.15) is 12.5 Å². The first-order valence-corrected chi connectivity index (χ1v) is 6.99. The number of ether oxygens (including phenoxy) is 2. The summed E-state index contributed by atoms with van der Waals surface area (Å²) >= 11 is 0. The van der Waals surface area contributed by atoms with Gasteiger partial charge in [-0.15, -0.1) is 12.4 Å². The lowest BCUT2D eigenvalue weighted by Crippen LogP contribution is -2.49. The second-order valence-corrected chi connectivity index (χ2v) is 5.59. The van der Waals surface area contributed by atoms with Crippen LogP contribution in [0.5, 0.6) is 11.5 Å². The molecular formula is C15H21ClN2O3. The summed E-state index contributed by atoms with van der Waals surface area (Å²) in [6, 6.07) is 5.82. The molecule has 3 rings (SSSR count). The first-order chi connectivity index (χ1) is 9.65. The maximum absolute atomic E-state index is 12.4. The van der Waals surface area contributed by atoms with Crippen molar-refractivity contribution in [3.63, 3.8) is 0 Å². The lowest BCUT2D eigenvalue weighted by atomic mass is 9.88. The number of carbonyl (C=O) groups is 1. The SMILES string of the molecule is CC(C(=O)N(C)Cc1ccc2c(c1)OCO2)C1CNC1.Cl. The molecule has 1 aromatic carbocycles. The number of hydrogen-bond donors (Lipinski definition) is 1. The molecule has 2 heterocycles. The van der Waals surface area contributed by atoms with Gasteiger partial charge in [-0.3, -0.25) is 4.79 Å². The third kappa shape index (κ3) is 3.24. The molecule has 0 radical (unpaired) electrons. The van der Waals surface area contributed by atoms with Crippen molar-refractivity contribution < 1.29 is 14.3 Å². The van der Waals surface area contributed by atoms with Gasteiger partial charge >= 0.3 is 0 Å². The molecule has 1 unspecified atom stereocenters. The molecule has 2 aliphatic heterocycles. The molecule has 116 valence electrons. The largest absolute Gasteiger partial charge is 0.454 e.